The van der Waals surface area contributed by atoms with Crippen LogP contribution in [0.2, 0.25) is 0 Å². The van der Waals surface area contributed by atoms with Crippen molar-refractivity contribution in [2.75, 3.05) is 18.0 Å². The summed E-state index contributed by atoms with van der Waals surface area (Å²) in [6.07, 6.45) is 6.99. The molecule has 0 bridgehead atoms. The van der Waals surface area contributed by atoms with E-state index in [0.717, 1.165) is 54.7 Å². The van der Waals surface area contributed by atoms with Gasteiger partial charge in [0.25, 0.3) is 0 Å². The zero-order valence-electron chi connectivity index (χ0n) is 14.7. The van der Waals surface area contributed by atoms with Crippen molar-refractivity contribution in [1.29, 1.82) is 0 Å². The highest BCUT2D eigenvalue weighted by Gasteiger charge is 2.32. The number of aromatic nitrogens is 2. The molecule has 1 amide bonds. The fraction of sp³-hybridized carbons (Fsp3) is 0.556. The summed E-state index contributed by atoms with van der Waals surface area (Å²) in [5, 5.41) is 14.6. The SMILES string of the molecule is O=C(O)CCCCCCNC(=O)C1CCCN1c1ncnc2sccc12. The zero-order valence-corrected chi connectivity index (χ0v) is 15.5. The first-order chi connectivity index (χ1) is 12.7. The maximum atomic E-state index is 12.6. The number of carbonyl (C=O) groups excluding carboxylic acids is 1. The second-order valence-electron chi connectivity index (χ2n) is 6.54. The summed E-state index contributed by atoms with van der Waals surface area (Å²) in [6, 6.07) is 1.83. The number of hydrogen-bond acceptors (Lipinski definition) is 6. The summed E-state index contributed by atoms with van der Waals surface area (Å²) < 4.78 is 0. The van der Waals surface area contributed by atoms with Crippen molar-refractivity contribution in [2.24, 2.45) is 0 Å². The number of carboxylic acid groups (broad SMARTS) is 1. The number of unbranched alkanes of at least 4 members (excludes halogenated alkanes) is 3. The van der Waals surface area contributed by atoms with Crippen molar-refractivity contribution in [2.45, 2.75) is 51.0 Å². The molecule has 2 aromatic rings. The molecule has 1 atom stereocenters. The molecule has 2 N–H and O–H groups in total. The lowest BCUT2D eigenvalue weighted by Crippen LogP contribution is -2.44. The number of aliphatic carboxylic acids is 1. The fourth-order valence-electron chi connectivity index (χ4n) is 3.38. The van der Waals surface area contributed by atoms with Crippen LogP contribution in [-0.2, 0) is 9.59 Å². The highest BCUT2D eigenvalue weighted by atomic mass is 32.1. The lowest BCUT2D eigenvalue weighted by atomic mass is 10.1. The smallest absolute Gasteiger partial charge is 0.303 e. The molecule has 0 aliphatic carbocycles. The molecule has 3 heterocycles. The molecule has 0 radical (unpaired) electrons. The molecule has 7 nitrogen and oxygen atoms in total. The molecule has 1 aliphatic heterocycles. The summed E-state index contributed by atoms with van der Waals surface area (Å²) in [7, 11) is 0. The lowest BCUT2D eigenvalue weighted by molar-refractivity contribution is -0.137. The van der Waals surface area contributed by atoms with E-state index in [-0.39, 0.29) is 18.4 Å². The van der Waals surface area contributed by atoms with Crippen molar-refractivity contribution in [3.8, 4) is 0 Å². The van der Waals surface area contributed by atoms with E-state index in [0.29, 0.717) is 13.0 Å². The molecule has 26 heavy (non-hydrogen) atoms. The number of fused-ring (bicyclic) bond motifs is 1. The minimum absolute atomic E-state index is 0.0510. The summed E-state index contributed by atoms with van der Waals surface area (Å²) in [4.78, 5) is 34.8. The number of amides is 1. The number of rotatable bonds is 9. The predicted octanol–water partition coefficient (Wildman–Crippen LogP) is 2.81. The Morgan fingerprint density at radius 2 is 2.12 bits per heavy atom. The second kappa shape index (κ2) is 8.93. The van der Waals surface area contributed by atoms with Gasteiger partial charge in [-0.05, 0) is 37.1 Å². The maximum Gasteiger partial charge on any atom is 0.303 e. The minimum atomic E-state index is -0.746. The highest BCUT2D eigenvalue weighted by molar-refractivity contribution is 7.16. The van der Waals surface area contributed by atoms with E-state index in [4.69, 9.17) is 5.11 Å². The van der Waals surface area contributed by atoms with Crippen molar-refractivity contribution in [3.05, 3.63) is 17.8 Å². The molecule has 3 rings (SSSR count). The van der Waals surface area contributed by atoms with Crippen molar-refractivity contribution < 1.29 is 14.7 Å². The van der Waals surface area contributed by atoms with Gasteiger partial charge in [0.15, 0.2) is 0 Å². The Balaban J connectivity index is 1.49. The normalized spacial score (nSPS) is 16.9. The number of anilines is 1. The molecule has 140 valence electrons. The molecule has 1 aliphatic rings. The van der Waals surface area contributed by atoms with Gasteiger partial charge in [-0.25, -0.2) is 9.97 Å². The number of thiophene rings is 1. The average Bonchev–Trinajstić information content (AvgIpc) is 3.29. The number of nitrogens with zero attached hydrogens (tertiary/aromatic N) is 3. The third-order valence-electron chi connectivity index (χ3n) is 4.68. The summed E-state index contributed by atoms with van der Waals surface area (Å²) >= 11 is 1.58. The van der Waals surface area contributed by atoms with Gasteiger partial charge in [-0.15, -0.1) is 11.3 Å². The van der Waals surface area contributed by atoms with E-state index in [1.165, 1.54) is 0 Å². The Morgan fingerprint density at radius 3 is 2.96 bits per heavy atom. The van der Waals surface area contributed by atoms with Gasteiger partial charge in [-0.1, -0.05) is 12.8 Å². The van der Waals surface area contributed by atoms with Gasteiger partial charge in [0.2, 0.25) is 5.91 Å². The molecule has 0 saturated carbocycles. The Kier molecular flexibility index (Phi) is 6.38. The van der Waals surface area contributed by atoms with Gasteiger partial charge >= 0.3 is 5.97 Å². The second-order valence-corrected chi connectivity index (χ2v) is 7.43. The van der Waals surface area contributed by atoms with E-state index < -0.39 is 5.97 Å². The predicted molar refractivity (Wildman–Crippen MR) is 102 cm³/mol. The summed E-state index contributed by atoms with van der Waals surface area (Å²) in [5.41, 5.74) is 0. The van der Waals surface area contributed by atoms with Crippen LogP contribution in [-0.4, -0.2) is 46.1 Å². The molecule has 0 spiro atoms. The van der Waals surface area contributed by atoms with Crippen molar-refractivity contribution in [1.82, 2.24) is 15.3 Å². The number of nitrogens with one attached hydrogen (secondary N) is 1. The van der Waals surface area contributed by atoms with E-state index in [2.05, 4.69) is 20.2 Å². The topological polar surface area (TPSA) is 95.4 Å². The lowest BCUT2D eigenvalue weighted by Gasteiger charge is -2.25. The fourth-order valence-corrected chi connectivity index (χ4v) is 4.11. The number of carboxylic acids is 1. The van der Waals surface area contributed by atoms with Crippen molar-refractivity contribution in [3.63, 3.8) is 0 Å². The van der Waals surface area contributed by atoms with Crippen LogP contribution in [0, 0.1) is 0 Å². The summed E-state index contributed by atoms with van der Waals surface area (Å²) in [5.74, 6) is 0.154. The van der Waals surface area contributed by atoms with Crippen LogP contribution in [0.5, 0.6) is 0 Å². The van der Waals surface area contributed by atoms with E-state index in [9.17, 15) is 9.59 Å². The van der Waals surface area contributed by atoms with Gasteiger partial charge in [0.05, 0.1) is 5.39 Å². The van der Waals surface area contributed by atoms with Gasteiger partial charge in [-0.2, -0.15) is 0 Å². The molecule has 0 aromatic carbocycles. The van der Waals surface area contributed by atoms with Crippen molar-refractivity contribution >= 4 is 39.2 Å². The minimum Gasteiger partial charge on any atom is -0.481 e. The standard InChI is InChI=1S/C18H24N4O3S/c23-15(24)7-3-1-2-4-9-19-17(25)14-6-5-10-22(14)16-13-8-11-26-18(13)21-12-20-16/h8,11-12,14H,1-7,9-10H2,(H,19,25)(H,23,24). The first-order valence-electron chi connectivity index (χ1n) is 9.11. The molecule has 1 unspecified atom stereocenters. The highest BCUT2D eigenvalue weighted by Crippen LogP contribution is 2.31. The number of hydrogen-bond donors (Lipinski definition) is 2. The maximum absolute atomic E-state index is 12.6. The molecular weight excluding hydrogens is 352 g/mol. The first kappa shape index (κ1) is 18.6. The van der Waals surface area contributed by atoms with E-state index in [1.54, 1.807) is 17.7 Å². The van der Waals surface area contributed by atoms with E-state index in [1.807, 2.05) is 11.4 Å². The molecule has 1 fully saturated rings. The Hall–Kier alpha value is -2.22. The Morgan fingerprint density at radius 1 is 1.27 bits per heavy atom. The van der Waals surface area contributed by atoms with Gasteiger partial charge in [-0.3, -0.25) is 9.59 Å². The quantitative estimate of drug-likeness (QED) is 0.654. The first-order valence-corrected chi connectivity index (χ1v) is 9.99. The summed E-state index contributed by atoms with van der Waals surface area (Å²) in [6.45, 7) is 1.46. The molecule has 2 aromatic heterocycles. The van der Waals surface area contributed by atoms with Crippen LogP contribution in [0.25, 0.3) is 10.2 Å². The number of carbonyl (C=O) groups is 2. The zero-order chi connectivity index (χ0) is 18.4. The largest absolute Gasteiger partial charge is 0.481 e. The Labute approximate surface area is 156 Å². The van der Waals surface area contributed by atoms with Crippen LogP contribution < -0.4 is 10.2 Å². The van der Waals surface area contributed by atoms with Crippen LogP contribution in [0.15, 0.2) is 17.8 Å². The van der Waals surface area contributed by atoms with Crippen LogP contribution in [0.4, 0.5) is 5.82 Å². The molecule has 1 saturated heterocycles. The Bertz CT molecular complexity index is 764. The van der Waals surface area contributed by atoms with Crippen LogP contribution in [0.3, 0.4) is 0 Å². The van der Waals surface area contributed by atoms with Crippen LogP contribution >= 0.6 is 11.3 Å². The molecule has 8 heteroatoms. The third-order valence-corrected chi connectivity index (χ3v) is 5.51. The van der Waals surface area contributed by atoms with Gasteiger partial charge in [0, 0.05) is 19.5 Å². The van der Waals surface area contributed by atoms with Crippen LogP contribution in [0.1, 0.15) is 44.9 Å². The average molecular weight is 376 g/mol. The monoisotopic (exact) mass is 376 g/mol. The van der Waals surface area contributed by atoms with Gasteiger partial charge in [0.1, 0.15) is 23.0 Å². The van der Waals surface area contributed by atoms with E-state index >= 15 is 0 Å². The third kappa shape index (κ3) is 4.49. The van der Waals surface area contributed by atoms with Gasteiger partial charge < -0.3 is 15.3 Å². The molecular formula is C18H24N4O3S.